The number of ether oxygens (including phenoxy) is 3. The molecule has 2 aromatic carbocycles. The van der Waals surface area contributed by atoms with E-state index in [4.69, 9.17) is 14.2 Å². The average molecular weight is 395 g/mol. The minimum atomic E-state index is -0.384. The molecule has 1 heterocycles. The summed E-state index contributed by atoms with van der Waals surface area (Å²) in [6, 6.07) is 11.6. The Morgan fingerprint density at radius 3 is 2.31 bits per heavy atom. The summed E-state index contributed by atoms with van der Waals surface area (Å²) in [4.78, 5) is 31.6. The van der Waals surface area contributed by atoms with E-state index < -0.39 is 0 Å². The van der Waals surface area contributed by atoms with Gasteiger partial charge in [0.2, 0.25) is 0 Å². The summed E-state index contributed by atoms with van der Waals surface area (Å²) in [7, 11) is 4.47. The molecule has 1 aromatic heterocycles. The predicted molar refractivity (Wildman–Crippen MR) is 109 cm³/mol. The number of methoxy groups -OCH3 is 3. The Balaban J connectivity index is 1.93. The molecule has 8 nitrogen and oxygen atoms in total. The van der Waals surface area contributed by atoms with Gasteiger partial charge in [-0.25, -0.2) is 4.98 Å². The van der Waals surface area contributed by atoms with Crippen molar-refractivity contribution in [2.45, 2.75) is 6.92 Å². The first-order valence-corrected chi connectivity index (χ1v) is 8.75. The fourth-order valence-corrected chi connectivity index (χ4v) is 2.87. The number of amides is 1. The van der Waals surface area contributed by atoms with Gasteiger partial charge in [-0.1, -0.05) is 12.1 Å². The Labute approximate surface area is 167 Å². The van der Waals surface area contributed by atoms with Crippen LogP contribution in [0.5, 0.6) is 17.2 Å². The molecule has 0 aliphatic rings. The van der Waals surface area contributed by atoms with Crippen molar-refractivity contribution in [2.24, 2.45) is 0 Å². The second-order valence-electron chi connectivity index (χ2n) is 6.18. The number of benzene rings is 2. The first kappa shape index (κ1) is 19.9. The van der Waals surface area contributed by atoms with Crippen LogP contribution in [0.4, 0.5) is 5.69 Å². The molecule has 0 radical (unpaired) electrons. The maximum absolute atomic E-state index is 12.9. The molecule has 0 saturated heterocycles. The van der Waals surface area contributed by atoms with Crippen molar-refractivity contribution in [1.82, 2.24) is 9.97 Å². The number of hydrogen-bond acceptors (Lipinski definition) is 6. The molecular weight excluding hydrogens is 374 g/mol. The van der Waals surface area contributed by atoms with E-state index in [-0.39, 0.29) is 17.0 Å². The Morgan fingerprint density at radius 1 is 0.966 bits per heavy atom. The van der Waals surface area contributed by atoms with E-state index in [1.54, 1.807) is 43.3 Å². The molecule has 0 atom stereocenters. The van der Waals surface area contributed by atoms with Crippen LogP contribution in [0.3, 0.4) is 0 Å². The summed E-state index contributed by atoms with van der Waals surface area (Å²) in [6.07, 6.45) is 0. The van der Waals surface area contributed by atoms with Crippen molar-refractivity contribution >= 4 is 11.6 Å². The van der Waals surface area contributed by atoms with Gasteiger partial charge in [0, 0.05) is 35.1 Å². The van der Waals surface area contributed by atoms with Gasteiger partial charge in [-0.3, -0.25) is 9.59 Å². The van der Waals surface area contributed by atoms with Gasteiger partial charge in [-0.05, 0) is 19.1 Å². The average Bonchev–Trinajstić information content (AvgIpc) is 2.72. The molecule has 1 amide bonds. The monoisotopic (exact) mass is 395 g/mol. The number of carbonyl (C=O) groups is 1. The van der Waals surface area contributed by atoms with Crippen molar-refractivity contribution in [3.63, 3.8) is 0 Å². The van der Waals surface area contributed by atoms with Crippen LogP contribution in [0, 0.1) is 6.92 Å². The van der Waals surface area contributed by atoms with Gasteiger partial charge < -0.3 is 24.5 Å². The quantitative estimate of drug-likeness (QED) is 0.665. The number of aryl methyl sites for hydroxylation is 1. The molecule has 8 heteroatoms. The smallest absolute Gasteiger partial charge is 0.259 e. The molecule has 0 saturated carbocycles. The van der Waals surface area contributed by atoms with E-state index >= 15 is 0 Å². The van der Waals surface area contributed by atoms with Gasteiger partial charge in [-0.15, -0.1) is 0 Å². The highest BCUT2D eigenvalue weighted by Gasteiger charge is 2.18. The van der Waals surface area contributed by atoms with E-state index in [0.717, 1.165) is 0 Å². The summed E-state index contributed by atoms with van der Waals surface area (Å²) in [6.45, 7) is 1.74. The van der Waals surface area contributed by atoms with E-state index in [1.807, 2.05) is 0 Å². The number of rotatable bonds is 6. The molecular formula is C21H21N3O5. The van der Waals surface area contributed by atoms with Crippen LogP contribution >= 0.6 is 0 Å². The maximum Gasteiger partial charge on any atom is 0.259 e. The zero-order valence-corrected chi connectivity index (χ0v) is 16.5. The molecule has 150 valence electrons. The lowest BCUT2D eigenvalue weighted by molar-refractivity contribution is 0.102. The predicted octanol–water partition coefficient (Wildman–Crippen LogP) is 3.02. The highest BCUT2D eigenvalue weighted by atomic mass is 16.5. The molecule has 3 aromatic rings. The van der Waals surface area contributed by atoms with Gasteiger partial charge in [0.25, 0.3) is 11.5 Å². The largest absolute Gasteiger partial charge is 0.496 e. The zero-order chi connectivity index (χ0) is 21.0. The Bertz CT molecular complexity index is 1110. The molecule has 0 aliphatic heterocycles. The van der Waals surface area contributed by atoms with Crippen molar-refractivity contribution in [2.75, 3.05) is 26.6 Å². The Hall–Kier alpha value is -3.81. The van der Waals surface area contributed by atoms with Crippen LogP contribution in [0.2, 0.25) is 0 Å². The first-order valence-electron chi connectivity index (χ1n) is 8.75. The van der Waals surface area contributed by atoms with Crippen molar-refractivity contribution in [1.29, 1.82) is 0 Å². The number of anilines is 1. The lowest BCUT2D eigenvalue weighted by atomic mass is 10.1. The lowest BCUT2D eigenvalue weighted by Gasteiger charge is -2.14. The number of H-pyrrole nitrogens is 1. The van der Waals surface area contributed by atoms with Crippen LogP contribution in [0.25, 0.3) is 11.4 Å². The summed E-state index contributed by atoms with van der Waals surface area (Å²) < 4.78 is 15.8. The summed E-state index contributed by atoms with van der Waals surface area (Å²) in [5.74, 6) is 1.26. The number of aromatic nitrogens is 2. The van der Waals surface area contributed by atoms with Crippen molar-refractivity contribution < 1.29 is 19.0 Å². The molecule has 2 N–H and O–H groups in total. The molecule has 29 heavy (non-hydrogen) atoms. The number of nitrogens with one attached hydrogen (secondary N) is 2. The topological polar surface area (TPSA) is 103 Å². The van der Waals surface area contributed by atoms with Gasteiger partial charge in [0.1, 0.15) is 11.6 Å². The molecule has 0 aliphatic carbocycles. The fourth-order valence-electron chi connectivity index (χ4n) is 2.87. The van der Waals surface area contributed by atoms with Gasteiger partial charge in [-0.2, -0.15) is 0 Å². The SMILES string of the molecule is COc1cc(OC)c(C(=O)Nc2cccc(-c3nc(C)cc(=O)[nH]3)c2)cc1OC. The summed E-state index contributed by atoms with van der Waals surface area (Å²) in [5, 5.41) is 2.83. The van der Waals surface area contributed by atoms with E-state index in [0.29, 0.717) is 40.0 Å². The number of hydrogen-bond donors (Lipinski definition) is 2. The summed E-state index contributed by atoms with van der Waals surface area (Å²) in [5.41, 5.74) is 1.86. The first-order chi connectivity index (χ1) is 13.9. The normalized spacial score (nSPS) is 10.3. The second kappa shape index (κ2) is 8.47. The number of nitrogens with zero attached hydrogens (tertiary/aromatic N) is 1. The third-order valence-electron chi connectivity index (χ3n) is 4.21. The van der Waals surface area contributed by atoms with Gasteiger partial charge in [0.15, 0.2) is 11.5 Å². The van der Waals surface area contributed by atoms with Crippen molar-refractivity contribution in [3.8, 4) is 28.6 Å². The third kappa shape index (κ3) is 4.37. The van der Waals surface area contributed by atoms with Crippen LogP contribution < -0.4 is 25.1 Å². The third-order valence-corrected chi connectivity index (χ3v) is 4.21. The van der Waals surface area contributed by atoms with E-state index in [2.05, 4.69) is 15.3 Å². The van der Waals surface area contributed by atoms with Crippen LogP contribution in [0.1, 0.15) is 16.1 Å². The van der Waals surface area contributed by atoms with Gasteiger partial charge in [0.05, 0.1) is 26.9 Å². The van der Waals surface area contributed by atoms with Crippen molar-refractivity contribution in [3.05, 3.63) is 64.1 Å². The van der Waals surface area contributed by atoms with E-state index in [9.17, 15) is 9.59 Å². The standard InChI is InChI=1S/C21H21N3O5/c1-12-8-19(25)24-20(22-12)13-6-5-7-14(9-13)23-21(26)15-10-17(28-3)18(29-4)11-16(15)27-2/h5-11H,1-4H3,(H,23,26)(H,22,24,25). The molecule has 0 bridgehead atoms. The Kier molecular flexibility index (Phi) is 5.82. The van der Waals surface area contributed by atoms with Gasteiger partial charge >= 0.3 is 0 Å². The van der Waals surface area contributed by atoms with Crippen LogP contribution in [-0.4, -0.2) is 37.2 Å². The summed E-state index contributed by atoms with van der Waals surface area (Å²) >= 11 is 0. The van der Waals surface area contributed by atoms with E-state index in [1.165, 1.54) is 27.4 Å². The minimum absolute atomic E-state index is 0.239. The molecule has 0 fully saturated rings. The Morgan fingerprint density at radius 2 is 1.66 bits per heavy atom. The lowest BCUT2D eigenvalue weighted by Crippen LogP contribution is -2.14. The highest BCUT2D eigenvalue weighted by molar-refractivity contribution is 6.07. The number of aromatic amines is 1. The van der Waals surface area contributed by atoms with Crippen LogP contribution in [-0.2, 0) is 0 Å². The van der Waals surface area contributed by atoms with Crippen LogP contribution in [0.15, 0.2) is 47.3 Å². The fraction of sp³-hybridized carbons (Fsp3) is 0.190. The maximum atomic E-state index is 12.9. The second-order valence-corrected chi connectivity index (χ2v) is 6.18. The molecule has 0 unspecified atom stereocenters. The molecule has 0 spiro atoms. The minimum Gasteiger partial charge on any atom is -0.496 e. The highest BCUT2D eigenvalue weighted by Crippen LogP contribution is 2.35. The molecule has 3 rings (SSSR count). The number of carbonyl (C=O) groups excluding carboxylic acids is 1. The zero-order valence-electron chi connectivity index (χ0n) is 16.5.